The number of halogens is 1. The van der Waals surface area contributed by atoms with Crippen LogP contribution in [0.5, 0.6) is 0 Å². The number of carboxylic acids is 1. The molecule has 1 N–H and O–H groups in total. The molecule has 1 rings (SSSR count). The topological polar surface area (TPSA) is 80.4 Å². The standard InChI is InChI=1S/C10H10ClNO4S/c1-6(10(13)14)5-17-8-4-2-3-7(11)9(8)12(15)16/h2-4,6H,5H2,1H3,(H,13,14). The first-order valence-corrected chi connectivity index (χ1v) is 6.08. The van der Waals surface area contributed by atoms with Crippen molar-refractivity contribution in [3.63, 3.8) is 0 Å². The van der Waals surface area contributed by atoms with Crippen molar-refractivity contribution in [3.05, 3.63) is 33.3 Å². The maximum absolute atomic E-state index is 10.8. The van der Waals surface area contributed by atoms with Gasteiger partial charge in [0.05, 0.1) is 15.7 Å². The van der Waals surface area contributed by atoms with Crippen LogP contribution in [0, 0.1) is 16.0 Å². The first kappa shape index (κ1) is 13.8. The van der Waals surface area contributed by atoms with Crippen molar-refractivity contribution >= 4 is 35.0 Å². The Labute approximate surface area is 107 Å². The second-order valence-corrected chi connectivity index (χ2v) is 4.86. The Morgan fingerprint density at radius 2 is 2.29 bits per heavy atom. The fourth-order valence-electron chi connectivity index (χ4n) is 1.08. The number of para-hydroxylation sites is 1. The van der Waals surface area contributed by atoms with Gasteiger partial charge in [-0.25, -0.2) is 0 Å². The van der Waals surface area contributed by atoms with Crippen LogP contribution in [0.4, 0.5) is 5.69 Å². The van der Waals surface area contributed by atoms with Crippen LogP contribution < -0.4 is 0 Å². The third-order valence-corrected chi connectivity index (χ3v) is 3.65. The summed E-state index contributed by atoms with van der Waals surface area (Å²) in [7, 11) is 0. The Hall–Kier alpha value is -1.27. The lowest BCUT2D eigenvalue weighted by Gasteiger charge is -2.06. The summed E-state index contributed by atoms with van der Waals surface area (Å²) in [6.07, 6.45) is 0. The van der Waals surface area contributed by atoms with Gasteiger partial charge in [0.2, 0.25) is 0 Å². The van der Waals surface area contributed by atoms with E-state index < -0.39 is 16.8 Å². The molecule has 0 amide bonds. The number of hydrogen-bond donors (Lipinski definition) is 1. The zero-order valence-electron chi connectivity index (χ0n) is 8.92. The Balaban J connectivity index is 2.88. The Morgan fingerprint density at radius 1 is 1.65 bits per heavy atom. The summed E-state index contributed by atoms with van der Waals surface area (Å²) < 4.78 is 0. The fourth-order valence-corrected chi connectivity index (χ4v) is 2.44. The molecule has 1 aromatic carbocycles. The molecule has 7 heteroatoms. The maximum atomic E-state index is 10.8. The Bertz CT molecular complexity index is 452. The van der Waals surface area contributed by atoms with Crippen LogP contribution in [0.3, 0.4) is 0 Å². The summed E-state index contributed by atoms with van der Waals surface area (Å²) in [5.74, 6) is -1.24. The van der Waals surface area contributed by atoms with E-state index in [1.807, 2.05) is 0 Å². The molecule has 0 aromatic heterocycles. The van der Waals surface area contributed by atoms with Crippen molar-refractivity contribution in [3.8, 4) is 0 Å². The van der Waals surface area contributed by atoms with Gasteiger partial charge in [-0.05, 0) is 12.1 Å². The van der Waals surface area contributed by atoms with Crippen molar-refractivity contribution < 1.29 is 14.8 Å². The predicted octanol–water partition coefficient (Wildman–Crippen LogP) is 3.06. The van der Waals surface area contributed by atoms with Gasteiger partial charge in [0.25, 0.3) is 0 Å². The number of hydrogen-bond acceptors (Lipinski definition) is 4. The van der Waals surface area contributed by atoms with E-state index >= 15 is 0 Å². The van der Waals surface area contributed by atoms with Crippen LogP contribution >= 0.6 is 23.4 Å². The minimum absolute atomic E-state index is 0.0583. The zero-order chi connectivity index (χ0) is 13.0. The van der Waals surface area contributed by atoms with Gasteiger partial charge in [-0.3, -0.25) is 14.9 Å². The predicted molar refractivity (Wildman–Crippen MR) is 65.6 cm³/mol. The summed E-state index contributed by atoms with van der Waals surface area (Å²) in [6.45, 7) is 1.55. The SMILES string of the molecule is CC(CSc1cccc(Cl)c1[N+](=O)[O-])C(=O)O. The molecule has 0 aliphatic rings. The molecule has 0 saturated carbocycles. The largest absolute Gasteiger partial charge is 0.481 e. The van der Waals surface area contributed by atoms with Gasteiger partial charge in [0.15, 0.2) is 0 Å². The summed E-state index contributed by atoms with van der Waals surface area (Å²) >= 11 is 6.85. The molecule has 1 atom stereocenters. The molecule has 0 bridgehead atoms. The number of nitrogens with zero attached hydrogens (tertiary/aromatic N) is 1. The van der Waals surface area contributed by atoms with Crippen LogP contribution in [-0.2, 0) is 4.79 Å². The number of aliphatic carboxylic acids is 1. The molecule has 0 saturated heterocycles. The van der Waals surface area contributed by atoms with Gasteiger partial charge < -0.3 is 5.11 Å². The van der Waals surface area contributed by atoms with E-state index in [1.54, 1.807) is 19.1 Å². The lowest BCUT2D eigenvalue weighted by Crippen LogP contribution is -2.11. The van der Waals surface area contributed by atoms with E-state index in [1.165, 1.54) is 6.07 Å². The van der Waals surface area contributed by atoms with E-state index in [9.17, 15) is 14.9 Å². The van der Waals surface area contributed by atoms with E-state index in [0.717, 1.165) is 11.8 Å². The zero-order valence-corrected chi connectivity index (χ0v) is 10.5. The average molecular weight is 276 g/mol. The average Bonchev–Trinajstić information content (AvgIpc) is 2.24. The Morgan fingerprint density at radius 3 is 2.82 bits per heavy atom. The number of carbonyl (C=O) groups is 1. The molecule has 92 valence electrons. The second-order valence-electron chi connectivity index (χ2n) is 3.39. The molecule has 0 aliphatic carbocycles. The molecule has 1 unspecified atom stereocenters. The van der Waals surface area contributed by atoms with Gasteiger partial charge in [-0.15, -0.1) is 11.8 Å². The number of carboxylic acid groups (broad SMARTS) is 1. The molecule has 0 spiro atoms. The van der Waals surface area contributed by atoms with Crippen LogP contribution in [0.15, 0.2) is 23.1 Å². The molecule has 0 aliphatic heterocycles. The summed E-state index contributed by atoms with van der Waals surface area (Å²) in [5, 5.41) is 19.6. The Kier molecular flexibility index (Phi) is 4.77. The molecule has 17 heavy (non-hydrogen) atoms. The van der Waals surface area contributed by atoms with Crippen LogP contribution in [-0.4, -0.2) is 21.8 Å². The lowest BCUT2D eigenvalue weighted by atomic mass is 10.2. The summed E-state index contributed by atoms with van der Waals surface area (Å²) in [5.41, 5.74) is -0.170. The number of thioether (sulfide) groups is 1. The summed E-state index contributed by atoms with van der Waals surface area (Å²) in [6, 6.07) is 4.59. The third kappa shape index (κ3) is 3.61. The molecule has 1 aromatic rings. The van der Waals surface area contributed by atoms with Gasteiger partial charge in [0, 0.05) is 5.75 Å². The highest BCUT2D eigenvalue weighted by atomic mass is 35.5. The maximum Gasteiger partial charge on any atom is 0.307 e. The van der Waals surface area contributed by atoms with Gasteiger partial charge in [-0.2, -0.15) is 0 Å². The highest BCUT2D eigenvalue weighted by Gasteiger charge is 2.20. The van der Waals surface area contributed by atoms with Crippen molar-refractivity contribution in [1.29, 1.82) is 0 Å². The highest BCUT2D eigenvalue weighted by Crippen LogP contribution is 2.35. The van der Waals surface area contributed by atoms with E-state index in [2.05, 4.69) is 0 Å². The monoisotopic (exact) mass is 275 g/mol. The van der Waals surface area contributed by atoms with Crippen molar-refractivity contribution in [2.75, 3.05) is 5.75 Å². The first-order valence-electron chi connectivity index (χ1n) is 4.72. The minimum Gasteiger partial charge on any atom is -0.481 e. The quantitative estimate of drug-likeness (QED) is 0.507. The van der Waals surface area contributed by atoms with Crippen LogP contribution in [0.25, 0.3) is 0 Å². The lowest BCUT2D eigenvalue weighted by molar-refractivity contribution is -0.387. The molecular formula is C10H10ClNO4S. The van der Waals surface area contributed by atoms with Crippen molar-refractivity contribution in [1.82, 2.24) is 0 Å². The van der Waals surface area contributed by atoms with Crippen molar-refractivity contribution in [2.24, 2.45) is 5.92 Å². The van der Waals surface area contributed by atoms with Gasteiger partial charge >= 0.3 is 11.7 Å². The summed E-state index contributed by atoms with van der Waals surface area (Å²) in [4.78, 5) is 21.3. The first-order chi connectivity index (χ1) is 7.93. The molecular weight excluding hydrogens is 266 g/mol. The highest BCUT2D eigenvalue weighted by molar-refractivity contribution is 7.99. The molecule has 0 fully saturated rings. The van der Waals surface area contributed by atoms with Crippen LogP contribution in [0.2, 0.25) is 5.02 Å². The van der Waals surface area contributed by atoms with Gasteiger partial charge in [-0.1, -0.05) is 24.6 Å². The number of nitro groups is 1. The van der Waals surface area contributed by atoms with Gasteiger partial charge in [0.1, 0.15) is 5.02 Å². The van der Waals surface area contributed by atoms with E-state index in [-0.39, 0.29) is 16.5 Å². The molecule has 5 nitrogen and oxygen atoms in total. The number of nitro benzene ring substituents is 1. The normalized spacial score (nSPS) is 12.1. The van der Waals surface area contributed by atoms with E-state index in [0.29, 0.717) is 4.90 Å². The fraction of sp³-hybridized carbons (Fsp3) is 0.300. The third-order valence-electron chi connectivity index (χ3n) is 2.04. The number of benzene rings is 1. The minimum atomic E-state index is -0.929. The molecule has 0 radical (unpaired) electrons. The van der Waals surface area contributed by atoms with Crippen molar-refractivity contribution in [2.45, 2.75) is 11.8 Å². The molecule has 0 heterocycles. The number of rotatable bonds is 5. The smallest absolute Gasteiger partial charge is 0.307 e. The second kappa shape index (κ2) is 5.88. The van der Waals surface area contributed by atoms with Crippen LogP contribution in [0.1, 0.15) is 6.92 Å². The van der Waals surface area contributed by atoms with E-state index in [4.69, 9.17) is 16.7 Å².